The van der Waals surface area contributed by atoms with Crippen molar-refractivity contribution in [2.75, 3.05) is 6.61 Å². The van der Waals surface area contributed by atoms with Gasteiger partial charge in [-0.25, -0.2) is 0 Å². The smallest absolute Gasteiger partial charge is 0.404 e. The van der Waals surface area contributed by atoms with E-state index in [0.717, 1.165) is 18.8 Å². The van der Waals surface area contributed by atoms with E-state index >= 15 is 0 Å². The Hall–Kier alpha value is -0.0951. The summed E-state index contributed by atoms with van der Waals surface area (Å²) in [5.41, 5.74) is 6.35. The van der Waals surface area contributed by atoms with Gasteiger partial charge in [-0.3, -0.25) is 0 Å². The topological polar surface area (TPSA) is 64.7 Å². The molecule has 0 radical (unpaired) electrons. The Morgan fingerprint density at radius 1 is 1.37 bits per heavy atom. The monoisotopic (exact) mass is 267 g/mol. The summed E-state index contributed by atoms with van der Waals surface area (Å²) in [6.07, 6.45) is 4.03. The van der Waals surface area contributed by atoms with E-state index in [9.17, 15) is 0 Å². The third-order valence-corrected chi connectivity index (χ3v) is 6.01. The molecule has 5 atom stereocenters. The number of rotatable bonds is 4. The zero-order chi connectivity index (χ0) is 13.8. The van der Waals surface area contributed by atoms with Crippen LogP contribution in [0.5, 0.6) is 0 Å². The third-order valence-electron chi connectivity index (χ3n) is 6.01. The molecule has 3 N–H and O–H groups in total. The summed E-state index contributed by atoms with van der Waals surface area (Å²) < 4.78 is 12.4. The molecule has 1 heterocycles. The molecule has 2 bridgehead atoms. The number of hydrogen-bond donors (Lipinski definition) is 2. The number of hydrogen-bond acceptors (Lipinski definition) is 4. The van der Waals surface area contributed by atoms with Gasteiger partial charge < -0.3 is 20.1 Å². The molecule has 4 nitrogen and oxygen atoms in total. The molecule has 1 aliphatic heterocycles. The minimum Gasteiger partial charge on any atom is -0.404 e. The molecule has 5 heteroatoms. The van der Waals surface area contributed by atoms with Gasteiger partial charge in [-0.1, -0.05) is 13.8 Å². The molecular weight excluding hydrogens is 241 g/mol. The fraction of sp³-hybridized carbons (Fsp3) is 1.00. The van der Waals surface area contributed by atoms with Gasteiger partial charge in [-0.15, -0.1) is 0 Å². The van der Waals surface area contributed by atoms with Crippen molar-refractivity contribution in [2.24, 2.45) is 23.0 Å². The summed E-state index contributed by atoms with van der Waals surface area (Å²) >= 11 is 0. The van der Waals surface area contributed by atoms with Crippen LogP contribution in [0.3, 0.4) is 0 Å². The van der Waals surface area contributed by atoms with Gasteiger partial charge >= 0.3 is 7.12 Å². The molecule has 3 saturated carbocycles. The minimum absolute atomic E-state index is 0.130. The molecule has 0 aromatic heterocycles. The van der Waals surface area contributed by atoms with Crippen molar-refractivity contribution in [1.29, 1.82) is 0 Å². The first-order valence-corrected chi connectivity index (χ1v) is 7.59. The average Bonchev–Trinajstić information content (AvgIpc) is 2.72. The van der Waals surface area contributed by atoms with Crippen molar-refractivity contribution in [3.8, 4) is 0 Å². The van der Waals surface area contributed by atoms with Crippen LogP contribution in [0, 0.1) is 17.3 Å². The highest BCUT2D eigenvalue weighted by molar-refractivity contribution is 6.47. The van der Waals surface area contributed by atoms with Crippen LogP contribution in [0.2, 0.25) is 0 Å². The van der Waals surface area contributed by atoms with E-state index in [4.69, 9.17) is 20.1 Å². The van der Waals surface area contributed by atoms with Crippen LogP contribution in [0.1, 0.15) is 46.5 Å². The zero-order valence-electron chi connectivity index (χ0n) is 12.3. The zero-order valence-corrected chi connectivity index (χ0v) is 12.3. The molecule has 4 rings (SSSR count). The second-order valence-corrected chi connectivity index (χ2v) is 7.37. The first-order valence-electron chi connectivity index (χ1n) is 7.59. The van der Waals surface area contributed by atoms with Crippen LogP contribution < -0.4 is 5.73 Å². The summed E-state index contributed by atoms with van der Waals surface area (Å²) in [6.45, 7) is 7.10. The Kier molecular flexibility index (Phi) is 3.25. The molecular formula is C14H26BNO3. The highest BCUT2D eigenvalue weighted by Gasteiger charge is 2.68. The van der Waals surface area contributed by atoms with E-state index in [1.54, 1.807) is 0 Å². The predicted molar refractivity (Wildman–Crippen MR) is 74.4 cm³/mol. The van der Waals surface area contributed by atoms with Crippen molar-refractivity contribution in [3.05, 3.63) is 0 Å². The highest BCUT2D eigenvalue weighted by atomic mass is 16.7. The predicted octanol–water partition coefficient (Wildman–Crippen LogP) is 1.35. The van der Waals surface area contributed by atoms with Gasteiger partial charge in [0.05, 0.1) is 11.7 Å². The van der Waals surface area contributed by atoms with Crippen LogP contribution >= 0.6 is 0 Å². The SMILES string of the molecule is CC1(C)C2C[C@H]1CC1OB(C(N)CCCO)O[C@]12C. The first-order chi connectivity index (χ1) is 8.89. The number of aliphatic hydroxyl groups is 1. The normalized spacial score (nSPS) is 44.7. The van der Waals surface area contributed by atoms with Gasteiger partial charge in [-0.2, -0.15) is 0 Å². The largest absolute Gasteiger partial charge is 0.475 e. The van der Waals surface area contributed by atoms with Gasteiger partial charge in [0.1, 0.15) is 0 Å². The van der Waals surface area contributed by atoms with E-state index in [0.29, 0.717) is 17.8 Å². The average molecular weight is 267 g/mol. The molecule has 3 unspecified atom stereocenters. The second kappa shape index (κ2) is 4.45. The van der Waals surface area contributed by atoms with Crippen molar-refractivity contribution in [1.82, 2.24) is 0 Å². The van der Waals surface area contributed by atoms with E-state index in [1.165, 1.54) is 6.42 Å². The van der Waals surface area contributed by atoms with Gasteiger partial charge in [0.2, 0.25) is 0 Å². The molecule has 0 aromatic carbocycles. The summed E-state index contributed by atoms with van der Waals surface area (Å²) in [4.78, 5) is 0. The first kappa shape index (κ1) is 13.9. The van der Waals surface area contributed by atoms with Gasteiger partial charge in [0, 0.05) is 12.5 Å². The van der Waals surface area contributed by atoms with Gasteiger partial charge in [-0.05, 0) is 49.9 Å². The lowest BCUT2D eigenvalue weighted by molar-refractivity contribution is -0.199. The Morgan fingerprint density at radius 2 is 2.11 bits per heavy atom. The molecule has 0 amide bonds. The third kappa shape index (κ3) is 1.89. The fourth-order valence-corrected chi connectivity index (χ4v) is 4.55. The summed E-state index contributed by atoms with van der Waals surface area (Å²) in [5.74, 6) is 1.22. The van der Waals surface area contributed by atoms with E-state index in [1.807, 2.05) is 0 Å². The molecule has 108 valence electrons. The van der Waals surface area contributed by atoms with E-state index in [-0.39, 0.29) is 31.4 Å². The van der Waals surface area contributed by atoms with E-state index in [2.05, 4.69) is 20.8 Å². The molecule has 0 spiro atoms. The van der Waals surface area contributed by atoms with Gasteiger partial charge in [0.25, 0.3) is 0 Å². The van der Waals surface area contributed by atoms with E-state index < -0.39 is 0 Å². The van der Waals surface area contributed by atoms with Crippen molar-refractivity contribution < 1.29 is 14.4 Å². The Bertz CT molecular complexity index is 365. The molecule has 4 aliphatic rings. The van der Waals surface area contributed by atoms with Crippen LogP contribution in [0.15, 0.2) is 0 Å². The lowest BCUT2D eigenvalue weighted by Gasteiger charge is -2.64. The molecule has 4 fully saturated rings. The Labute approximate surface area is 116 Å². The van der Waals surface area contributed by atoms with Crippen molar-refractivity contribution in [3.63, 3.8) is 0 Å². The molecule has 3 aliphatic carbocycles. The van der Waals surface area contributed by atoms with Crippen LogP contribution in [-0.4, -0.2) is 36.5 Å². The maximum Gasteiger partial charge on any atom is 0.475 e. The summed E-state index contributed by atoms with van der Waals surface area (Å²) in [5, 5.41) is 8.90. The van der Waals surface area contributed by atoms with Crippen molar-refractivity contribution >= 4 is 7.12 Å². The Balaban J connectivity index is 1.70. The van der Waals surface area contributed by atoms with Crippen molar-refractivity contribution in [2.45, 2.75) is 64.1 Å². The number of nitrogens with two attached hydrogens (primary N) is 1. The fourth-order valence-electron chi connectivity index (χ4n) is 4.55. The maximum absolute atomic E-state index is 8.90. The lowest BCUT2D eigenvalue weighted by atomic mass is 9.43. The Morgan fingerprint density at radius 3 is 2.74 bits per heavy atom. The highest BCUT2D eigenvalue weighted by Crippen LogP contribution is 2.65. The summed E-state index contributed by atoms with van der Waals surface area (Å²) in [7, 11) is -0.295. The quantitative estimate of drug-likeness (QED) is 0.755. The standard InChI is InChI=1S/C14H26BNO3/c1-13(2)9-7-10(13)14(3)11(8-9)18-15(19-14)12(16)5-4-6-17/h9-12,17H,4-8,16H2,1-3H3/t9-,10?,11?,12?,14-/m0/s1. The summed E-state index contributed by atoms with van der Waals surface area (Å²) in [6, 6.07) is 0. The molecule has 19 heavy (non-hydrogen) atoms. The number of aliphatic hydroxyl groups excluding tert-OH is 1. The minimum atomic E-state index is -0.295. The van der Waals surface area contributed by atoms with Crippen LogP contribution in [0.25, 0.3) is 0 Å². The molecule has 1 saturated heterocycles. The molecule has 0 aromatic rings. The van der Waals surface area contributed by atoms with Crippen LogP contribution in [-0.2, 0) is 9.31 Å². The maximum atomic E-state index is 8.90. The van der Waals surface area contributed by atoms with Gasteiger partial charge in [0.15, 0.2) is 0 Å². The second-order valence-electron chi connectivity index (χ2n) is 7.37. The lowest BCUT2D eigenvalue weighted by Crippen LogP contribution is -2.65. The van der Waals surface area contributed by atoms with Crippen LogP contribution in [0.4, 0.5) is 0 Å².